The highest BCUT2D eigenvalue weighted by Crippen LogP contribution is 2.23. The maximum atomic E-state index is 12.6. The summed E-state index contributed by atoms with van der Waals surface area (Å²) in [7, 11) is 1.38. The molecule has 1 fully saturated rings. The minimum atomic E-state index is -0.266. The summed E-state index contributed by atoms with van der Waals surface area (Å²) in [4.78, 5) is 30.1. The molecule has 0 radical (unpaired) electrons. The molecule has 0 saturated carbocycles. The number of methoxy groups -OCH3 is 1. The summed E-state index contributed by atoms with van der Waals surface area (Å²) in [5.74, 6) is -0.304. The second-order valence-electron chi connectivity index (χ2n) is 5.06. The van der Waals surface area contributed by atoms with Crippen LogP contribution in [0.4, 0.5) is 0 Å². The lowest BCUT2D eigenvalue weighted by Crippen LogP contribution is -2.45. The van der Waals surface area contributed by atoms with Crippen molar-refractivity contribution in [1.82, 2.24) is 9.88 Å². The molecule has 0 aliphatic carbocycles. The van der Waals surface area contributed by atoms with Crippen LogP contribution in [0, 0.1) is 6.92 Å². The van der Waals surface area contributed by atoms with E-state index < -0.39 is 0 Å². The molecule has 2 heterocycles. The highest BCUT2D eigenvalue weighted by atomic mass is 16.5. The number of hydrogen-bond donors (Lipinski definition) is 0. The molecule has 1 aromatic rings. The minimum Gasteiger partial charge on any atom is -0.469 e. The van der Waals surface area contributed by atoms with Gasteiger partial charge in [-0.25, -0.2) is 0 Å². The summed E-state index contributed by atoms with van der Waals surface area (Å²) < 4.78 is 4.72. The first kappa shape index (κ1) is 14.5. The first-order chi connectivity index (χ1) is 9.63. The minimum absolute atomic E-state index is 0.0378. The van der Waals surface area contributed by atoms with Crippen molar-refractivity contribution in [3.63, 3.8) is 0 Å². The van der Waals surface area contributed by atoms with Crippen LogP contribution >= 0.6 is 0 Å². The third-order valence-electron chi connectivity index (χ3n) is 3.76. The van der Waals surface area contributed by atoms with Crippen LogP contribution in [-0.2, 0) is 9.53 Å². The fourth-order valence-corrected chi connectivity index (χ4v) is 2.62. The summed E-state index contributed by atoms with van der Waals surface area (Å²) in [5.41, 5.74) is 1.34. The quantitative estimate of drug-likeness (QED) is 0.792. The number of ether oxygens (including phenoxy) is 1. The zero-order valence-electron chi connectivity index (χ0n) is 12.0. The topological polar surface area (TPSA) is 59.5 Å². The number of nitrogens with zero attached hydrogens (tertiary/aromatic N) is 2. The number of carbonyl (C=O) groups is 2. The van der Waals surface area contributed by atoms with Gasteiger partial charge in [-0.2, -0.15) is 0 Å². The lowest BCUT2D eigenvalue weighted by atomic mass is 9.98. The molecular formula is C15H20N2O3. The van der Waals surface area contributed by atoms with E-state index in [-0.39, 0.29) is 24.3 Å². The Hall–Kier alpha value is -1.91. The van der Waals surface area contributed by atoms with Gasteiger partial charge in [0.1, 0.15) is 0 Å². The Labute approximate surface area is 118 Å². The first-order valence-corrected chi connectivity index (χ1v) is 6.93. The van der Waals surface area contributed by atoms with Crippen molar-refractivity contribution in [2.24, 2.45) is 0 Å². The van der Waals surface area contributed by atoms with E-state index in [0.717, 1.165) is 25.0 Å². The molecule has 0 aromatic carbocycles. The Bertz CT molecular complexity index is 502. The monoisotopic (exact) mass is 276 g/mol. The van der Waals surface area contributed by atoms with Gasteiger partial charge in [0.2, 0.25) is 0 Å². The standard InChI is InChI=1S/C15H20N2O3/c1-11-13(7-5-8-16-11)15(19)17-9-4-3-6-12(17)10-14(18)20-2/h5,7-8,12H,3-4,6,9-10H2,1-2H3. The molecular weight excluding hydrogens is 256 g/mol. The van der Waals surface area contributed by atoms with Crippen molar-refractivity contribution < 1.29 is 14.3 Å². The summed E-state index contributed by atoms with van der Waals surface area (Å²) >= 11 is 0. The Kier molecular flexibility index (Phi) is 4.71. The van der Waals surface area contributed by atoms with Gasteiger partial charge in [0, 0.05) is 24.5 Å². The zero-order chi connectivity index (χ0) is 14.5. The SMILES string of the molecule is COC(=O)CC1CCCCN1C(=O)c1cccnc1C. The molecule has 1 unspecified atom stereocenters. The van der Waals surface area contributed by atoms with Crippen LogP contribution in [0.15, 0.2) is 18.3 Å². The molecule has 0 bridgehead atoms. The molecule has 5 nitrogen and oxygen atoms in total. The summed E-state index contributed by atoms with van der Waals surface area (Å²) in [6.07, 6.45) is 4.80. The lowest BCUT2D eigenvalue weighted by Gasteiger charge is -2.35. The van der Waals surface area contributed by atoms with Crippen molar-refractivity contribution in [1.29, 1.82) is 0 Å². The van der Waals surface area contributed by atoms with Gasteiger partial charge in [0.15, 0.2) is 0 Å². The molecule has 1 saturated heterocycles. The first-order valence-electron chi connectivity index (χ1n) is 6.93. The average Bonchev–Trinajstić information content (AvgIpc) is 2.47. The van der Waals surface area contributed by atoms with E-state index in [0.29, 0.717) is 12.1 Å². The van der Waals surface area contributed by atoms with Crippen molar-refractivity contribution >= 4 is 11.9 Å². The van der Waals surface area contributed by atoms with Crippen LogP contribution in [0.3, 0.4) is 0 Å². The number of hydrogen-bond acceptors (Lipinski definition) is 4. The number of likely N-dealkylation sites (tertiary alicyclic amines) is 1. The van der Waals surface area contributed by atoms with E-state index in [2.05, 4.69) is 4.98 Å². The highest BCUT2D eigenvalue weighted by Gasteiger charge is 2.30. The number of aryl methyl sites for hydroxylation is 1. The molecule has 5 heteroatoms. The van der Waals surface area contributed by atoms with Crippen LogP contribution in [0.5, 0.6) is 0 Å². The maximum absolute atomic E-state index is 12.6. The van der Waals surface area contributed by atoms with Crippen LogP contribution in [0.2, 0.25) is 0 Å². The maximum Gasteiger partial charge on any atom is 0.307 e. The van der Waals surface area contributed by atoms with Crippen LogP contribution in [0.1, 0.15) is 41.7 Å². The largest absolute Gasteiger partial charge is 0.469 e. The van der Waals surface area contributed by atoms with E-state index in [1.807, 2.05) is 6.92 Å². The second-order valence-corrected chi connectivity index (χ2v) is 5.06. The normalized spacial score (nSPS) is 18.7. The summed E-state index contributed by atoms with van der Waals surface area (Å²) in [6.45, 7) is 2.52. The van der Waals surface area contributed by atoms with E-state index in [1.54, 1.807) is 23.2 Å². The van der Waals surface area contributed by atoms with Crippen molar-refractivity contribution in [2.75, 3.05) is 13.7 Å². The second kappa shape index (κ2) is 6.50. The molecule has 1 aliphatic heterocycles. The predicted molar refractivity (Wildman–Crippen MR) is 74.3 cm³/mol. The zero-order valence-corrected chi connectivity index (χ0v) is 12.0. The Morgan fingerprint density at radius 1 is 1.45 bits per heavy atom. The van der Waals surface area contributed by atoms with Gasteiger partial charge in [0.25, 0.3) is 5.91 Å². The smallest absolute Gasteiger partial charge is 0.307 e. The van der Waals surface area contributed by atoms with Crippen molar-refractivity contribution in [3.05, 3.63) is 29.6 Å². The third kappa shape index (κ3) is 3.15. The summed E-state index contributed by atoms with van der Waals surface area (Å²) in [5, 5.41) is 0. The van der Waals surface area contributed by atoms with Crippen LogP contribution < -0.4 is 0 Å². The van der Waals surface area contributed by atoms with Gasteiger partial charge in [-0.3, -0.25) is 14.6 Å². The van der Waals surface area contributed by atoms with Gasteiger partial charge in [-0.1, -0.05) is 0 Å². The Morgan fingerprint density at radius 2 is 2.25 bits per heavy atom. The number of piperidine rings is 1. The van der Waals surface area contributed by atoms with Gasteiger partial charge in [0.05, 0.1) is 19.1 Å². The van der Waals surface area contributed by atoms with E-state index in [1.165, 1.54) is 7.11 Å². The van der Waals surface area contributed by atoms with Crippen molar-refractivity contribution in [3.8, 4) is 0 Å². The van der Waals surface area contributed by atoms with Gasteiger partial charge >= 0.3 is 5.97 Å². The van der Waals surface area contributed by atoms with E-state index in [9.17, 15) is 9.59 Å². The number of pyridine rings is 1. The molecule has 2 rings (SSSR count). The van der Waals surface area contributed by atoms with E-state index in [4.69, 9.17) is 4.74 Å². The van der Waals surface area contributed by atoms with Crippen molar-refractivity contribution in [2.45, 2.75) is 38.6 Å². The molecule has 20 heavy (non-hydrogen) atoms. The Morgan fingerprint density at radius 3 is 2.95 bits per heavy atom. The highest BCUT2D eigenvalue weighted by molar-refractivity contribution is 5.95. The average molecular weight is 276 g/mol. The third-order valence-corrected chi connectivity index (χ3v) is 3.76. The van der Waals surface area contributed by atoms with Crippen LogP contribution in [0.25, 0.3) is 0 Å². The molecule has 1 atom stereocenters. The predicted octanol–water partition coefficient (Wildman–Crippen LogP) is 1.95. The molecule has 108 valence electrons. The van der Waals surface area contributed by atoms with Gasteiger partial charge < -0.3 is 9.64 Å². The summed E-state index contributed by atoms with van der Waals surface area (Å²) in [6, 6.07) is 3.48. The fourth-order valence-electron chi connectivity index (χ4n) is 2.62. The van der Waals surface area contributed by atoms with Gasteiger partial charge in [-0.05, 0) is 38.3 Å². The number of carbonyl (C=O) groups excluding carboxylic acids is 2. The number of rotatable bonds is 3. The molecule has 1 amide bonds. The lowest BCUT2D eigenvalue weighted by molar-refractivity contribution is -0.142. The molecule has 1 aliphatic rings. The molecule has 0 spiro atoms. The number of aromatic nitrogens is 1. The van der Waals surface area contributed by atoms with Crippen LogP contribution in [-0.4, -0.2) is 41.5 Å². The number of esters is 1. The fraction of sp³-hybridized carbons (Fsp3) is 0.533. The Balaban J connectivity index is 2.17. The van der Waals surface area contributed by atoms with E-state index >= 15 is 0 Å². The molecule has 0 N–H and O–H groups in total. The van der Waals surface area contributed by atoms with Gasteiger partial charge in [-0.15, -0.1) is 0 Å². The molecule has 1 aromatic heterocycles. The number of amides is 1.